The fourth-order valence-corrected chi connectivity index (χ4v) is 3.64. The van der Waals surface area contributed by atoms with Gasteiger partial charge in [0.05, 0.1) is 12.8 Å². The van der Waals surface area contributed by atoms with E-state index in [1.807, 2.05) is 23.1 Å². The molecule has 2 aromatic carbocycles. The normalized spacial score (nSPS) is 14.2. The third kappa shape index (κ3) is 4.94. The van der Waals surface area contributed by atoms with Gasteiger partial charge in [-0.15, -0.1) is 0 Å². The quantitative estimate of drug-likeness (QED) is 0.849. The summed E-state index contributed by atoms with van der Waals surface area (Å²) in [6, 6.07) is 14.4. The molecule has 0 aromatic heterocycles. The van der Waals surface area contributed by atoms with Gasteiger partial charge in [0, 0.05) is 44.8 Å². The van der Waals surface area contributed by atoms with Crippen molar-refractivity contribution < 1.29 is 9.53 Å². The second-order valence-electron chi connectivity index (χ2n) is 7.09. The molecule has 1 saturated heterocycles. The molecule has 0 aliphatic carbocycles. The number of anilines is 2. The summed E-state index contributed by atoms with van der Waals surface area (Å²) in [4.78, 5) is 16.8. The topological polar surface area (TPSA) is 44.8 Å². The minimum Gasteiger partial charge on any atom is -0.495 e. The van der Waals surface area contributed by atoms with E-state index in [0.717, 1.165) is 43.3 Å². The van der Waals surface area contributed by atoms with Gasteiger partial charge in [0.25, 0.3) is 0 Å². The van der Waals surface area contributed by atoms with Crippen LogP contribution < -0.4 is 15.0 Å². The number of methoxy groups -OCH3 is 1. The van der Waals surface area contributed by atoms with Gasteiger partial charge in [0.1, 0.15) is 5.75 Å². The monoisotopic (exact) mass is 367 g/mol. The van der Waals surface area contributed by atoms with Crippen LogP contribution in [0.4, 0.5) is 11.4 Å². The molecule has 0 spiro atoms. The minimum atomic E-state index is 0.214. The molecule has 0 atom stereocenters. The number of piperazine rings is 1. The van der Waals surface area contributed by atoms with Crippen molar-refractivity contribution in [2.75, 3.05) is 50.1 Å². The molecule has 1 aliphatic heterocycles. The van der Waals surface area contributed by atoms with E-state index in [9.17, 15) is 4.79 Å². The molecule has 27 heavy (non-hydrogen) atoms. The Labute approximate surface area is 161 Å². The van der Waals surface area contributed by atoms with E-state index in [1.54, 1.807) is 7.11 Å². The molecule has 1 aliphatic rings. The highest BCUT2D eigenvalue weighted by Gasteiger charge is 2.22. The molecule has 1 N–H and O–H groups in total. The largest absolute Gasteiger partial charge is 0.495 e. The van der Waals surface area contributed by atoms with Crippen LogP contribution in [0, 0.1) is 13.8 Å². The Bertz CT molecular complexity index is 763. The highest BCUT2D eigenvalue weighted by molar-refractivity contribution is 5.77. The third-order valence-corrected chi connectivity index (χ3v) is 4.95. The summed E-state index contributed by atoms with van der Waals surface area (Å²) in [5.41, 5.74) is 4.65. The highest BCUT2D eigenvalue weighted by atomic mass is 16.5. The van der Waals surface area contributed by atoms with Gasteiger partial charge in [-0.2, -0.15) is 0 Å². The van der Waals surface area contributed by atoms with Crippen molar-refractivity contribution in [2.45, 2.75) is 20.3 Å². The number of ether oxygens (including phenoxy) is 1. The van der Waals surface area contributed by atoms with Crippen molar-refractivity contribution in [3.05, 3.63) is 53.6 Å². The molecule has 0 unspecified atom stereocenters. The van der Waals surface area contributed by atoms with Crippen molar-refractivity contribution in [1.29, 1.82) is 0 Å². The Morgan fingerprint density at radius 2 is 1.70 bits per heavy atom. The summed E-state index contributed by atoms with van der Waals surface area (Å²) in [6.45, 7) is 8.00. The van der Waals surface area contributed by atoms with Crippen LogP contribution in [0.3, 0.4) is 0 Å². The number of benzene rings is 2. The number of para-hydroxylation sites is 2. The first kappa shape index (κ1) is 19.1. The molecule has 0 saturated carbocycles. The van der Waals surface area contributed by atoms with Gasteiger partial charge in [0.15, 0.2) is 0 Å². The average molecular weight is 367 g/mol. The maximum atomic E-state index is 12.5. The van der Waals surface area contributed by atoms with Crippen LogP contribution in [0.1, 0.15) is 17.5 Å². The first-order valence-corrected chi connectivity index (χ1v) is 9.55. The second kappa shape index (κ2) is 8.80. The number of hydrogen-bond donors (Lipinski definition) is 1. The highest BCUT2D eigenvalue weighted by Crippen LogP contribution is 2.28. The van der Waals surface area contributed by atoms with E-state index in [2.05, 4.69) is 48.3 Å². The molecular weight excluding hydrogens is 338 g/mol. The summed E-state index contributed by atoms with van der Waals surface area (Å²) < 4.78 is 5.45. The van der Waals surface area contributed by atoms with Gasteiger partial charge >= 0.3 is 0 Å². The van der Waals surface area contributed by atoms with Gasteiger partial charge < -0.3 is 19.9 Å². The van der Waals surface area contributed by atoms with E-state index < -0.39 is 0 Å². The second-order valence-corrected chi connectivity index (χ2v) is 7.09. The van der Waals surface area contributed by atoms with E-state index >= 15 is 0 Å². The van der Waals surface area contributed by atoms with E-state index in [0.29, 0.717) is 13.0 Å². The summed E-state index contributed by atoms with van der Waals surface area (Å²) in [7, 11) is 1.70. The van der Waals surface area contributed by atoms with Crippen LogP contribution in [-0.4, -0.2) is 50.6 Å². The summed E-state index contributed by atoms with van der Waals surface area (Å²) in [5.74, 6) is 1.10. The van der Waals surface area contributed by atoms with E-state index in [1.165, 1.54) is 11.1 Å². The minimum absolute atomic E-state index is 0.214. The fourth-order valence-electron chi connectivity index (χ4n) is 3.64. The Hall–Kier alpha value is -2.69. The van der Waals surface area contributed by atoms with E-state index in [4.69, 9.17) is 4.74 Å². The molecule has 3 rings (SSSR count). The number of carbonyl (C=O) groups excluding carboxylic acids is 1. The van der Waals surface area contributed by atoms with Gasteiger partial charge in [-0.25, -0.2) is 0 Å². The molecule has 0 radical (unpaired) electrons. The SMILES string of the molecule is COc1ccccc1N1CCN(C(=O)CCNc2cc(C)cc(C)c2)CC1. The summed E-state index contributed by atoms with van der Waals surface area (Å²) >= 11 is 0. The van der Waals surface area contributed by atoms with Gasteiger partial charge in [0.2, 0.25) is 5.91 Å². The molecule has 0 bridgehead atoms. The molecule has 1 amide bonds. The Balaban J connectivity index is 1.47. The van der Waals surface area contributed by atoms with E-state index in [-0.39, 0.29) is 5.91 Å². The first-order chi connectivity index (χ1) is 13.1. The van der Waals surface area contributed by atoms with Crippen LogP contribution >= 0.6 is 0 Å². The van der Waals surface area contributed by atoms with Crippen molar-refractivity contribution in [3.63, 3.8) is 0 Å². The van der Waals surface area contributed by atoms with Crippen molar-refractivity contribution in [1.82, 2.24) is 4.90 Å². The number of nitrogens with zero attached hydrogens (tertiary/aromatic N) is 2. The molecule has 5 heteroatoms. The van der Waals surface area contributed by atoms with Crippen molar-refractivity contribution >= 4 is 17.3 Å². The van der Waals surface area contributed by atoms with Crippen LogP contribution in [-0.2, 0) is 4.79 Å². The lowest BCUT2D eigenvalue weighted by Gasteiger charge is -2.36. The average Bonchev–Trinajstić information content (AvgIpc) is 2.67. The number of aryl methyl sites for hydroxylation is 2. The van der Waals surface area contributed by atoms with Crippen molar-refractivity contribution in [3.8, 4) is 5.75 Å². The number of rotatable bonds is 6. The smallest absolute Gasteiger partial charge is 0.224 e. The van der Waals surface area contributed by atoms with Gasteiger partial charge in [-0.3, -0.25) is 4.79 Å². The molecular formula is C22H29N3O2. The Kier molecular flexibility index (Phi) is 6.22. The number of hydrogen-bond acceptors (Lipinski definition) is 4. The first-order valence-electron chi connectivity index (χ1n) is 9.55. The standard InChI is InChI=1S/C22H29N3O2/c1-17-14-18(2)16-19(15-17)23-9-8-22(26)25-12-10-24(11-13-25)20-6-4-5-7-21(20)27-3/h4-7,14-16,23H,8-13H2,1-3H3. The third-order valence-electron chi connectivity index (χ3n) is 4.95. The Morgan fingerprint density at radius 1 is 1.04 bits per heavy atom. The number of amides is 1. The fraction of sp³-hybridized carbons (Fsp3) is 0.409. The van der Waals surface area contributed by atoms with Crippen LogP contribution in [0.25, 0.3) is 0 Å². The lowest BCUT2D eigenvalue weighted by molar-refractivity contribution is -0.131. The predicted octanol–water partition coefficient (Wildman–Crippen LogP) is 3.46. The molecule has 144 valence electrons. The Morgan fingerprint density at radius 3 is 2.37 bits per heavy atom. The van der Waals surface area contributed by atoms with Gasteiger partial charge in [-0.1, -0.05) is 18.2 Å². The van der Waals surface area contributed by atoms with Crippen molar-refractivity contribution in [2.24, 2.45) is 0 Å². The molecule has 2 aromatic rings. The maximum Gasteiger partial charge on any atom is 0.224 e. The van der Waals surface area contributed by atoms with Crippen LogP contribution in [0.15, 0.2) is 42.5 Å². The van der Waals surface area contributed by atoms with Crippen LogP contribution in [0.2, 0.25) is 0 Å². The lowest BCUT2D eigenvalue weighted by Crippen LogP contribution is -2.49. The zero-order valence-electron chi connectivity index (χ0n) is 16.5. The summed E-state index contributed by atoms with van der Waals surface area (Å²) in [5, 5.41) is 3.37. The number of carbonyl (C=O) groups is 1. The lowest BCUT2D eigenvalue weighted by atomic mass is 10.1. The predicted molar refractivity (Wildman–Crippen MR) is 111 cm³/mol. The molecule has 5 nitrogen and oxygen atoms in total. The molecule has 1 fully saturated rings. The number of nitrogens with one attached hydrogen (secondary N) is 1. The summed E-state index contributed by atoms with van der Waals surface area (Å²) in [6.07, 6.45) is 0.516. The maximum absolute atomic E-state index is 12.5. The zero-order chi connectivity index (χ0) is 19.2. The van der Waals surface area contributed by atoms with Gasteiger partial charge in [-0.05, 0) is 49.2 Å². The molecule has 1 heterocycles. The zero-order valence-corrected chi connectivity index (χ0v) is 16.5. The van der Waals surface area contributed by atoms with Crippen LogP contribution in [0.5, 0.6) is 5.75 Å².